The molecule has 0 aromatic heterocycles. The molecule has 20 heavy (non-hydrogen) atoms. The number of amides is 2. The molecule has 0 atom stereocenters. The molecule has 1 heterocycles. The number of nitrogens with zero attached hydrogens (tertiary/aromatic N) is 1. The number of carbonyl (C=O) groups is 2. The predicted octanol–water partition coefficient (Wildman–Crippen LogP) is 2.20. The molecule has 5 heteroatoms. The highest BCUT2D eigenvalue weighted by Crippen LogP contribution is 2.20. The highest BCUT2D eigenvalue weighted by Gasteiger charge is 2.39. The lowest BCUT2D eigenvalue weighted by atomic mass is 9.98. The first kappa shape index (κ1) is 14.8. The van der Waals surface area contributed by atoms with Gasteiger partial charge in [0.05, 0.1) is 0 Å². The Morgan fingerprint density at radius 2 is 2.10 bits per heavy atom. The molecule has 1 fully saturated rings. The van der Waals surface area contributed by atoms with E-state index < -0.39 is 5.54 Å². The van der Waals surface area contributed by atoms with Gasteiger partial charge in [-0.25, -0.2) is 0 Å². The molecule has 106 valence electrons. The first-order chi connectivity index (χ1) is 9.43. The van der Waals surface area contributed by atoms with Gasteiger partial charge in [0.2, 0.25) is 11.8 Å². The van der Waals surface area contributed by atoms with E-state index in [4.69, 9.17) is 0 Å². The summed E-state index contributed by atoms with van der Waals surface area (Å²) >= 11 is 3.43. The van der Waals surface area contributed by atoms with E-state index in [-0.39, 0.29) is 11.8 Å². The van der Waals surface area contributed by atoms with E-state index in [1.165, 1.54) is 6.08 Å². The monoisotopic (exact) mass is 336 g/mol. The molecular formula is C15H17BrN2O2. The van der Waals surface area contributed by atoms with Crippen LogP contribution in [0.4, 0.5) is 0 Å². The predicted molar refractivity (Wildman–Crippen MR) is 82.0 cm³/mol. The van der Waals surface area contributed by atoms with Crippen molar-refractivity contribution in [2.45, 2.75) is 19.4 Å². The maximum absolute atomic E-state index is 12.3. The molecule has 2 amide bonds. The quantitative estimate of drug-likeness (QED) is 0.841. The van der Waals surface area contributed by atoms with Crippen molar-refractivity contribution in [1.82, 2.24) is 10.2 Å². The van der Waals surface area contributed by atoms with Gasteiger partial charge in [0.25, 0.3) is 0 Å². The standard InChI is InChI=1S/C15H17BrN2O2/c1-15(2)14(20)17-9-10-18(15)13(19)8-7-11-5-3-4-6-12(11)16/h3-8H,9-10H2,1-2H3,(H,17,20). The van der Waals surface area contributed by atoms with Crippen molar-refractivity contribution < 1.29 is 9.59 Å². The molecule has 4 nitrogen and oxygen atoms in total. The van der Waals surface area contributed by atoms with Crippen LogP contribution in [0.25, 0.3) is 6.08 Å². The molecule has 2 rings (SSSR count). The topological polar surface area (TPSA) is 49.4 Å². The highest BCUT2D eigenvalue weighted by atomic mass is 79.9. The third kappa shape index (κ3) is 2.93. The minimum atomic E-state index is -0.812. The second kappa shape index (κ2) is 5.79. The van der Waals surface area contributed by atoms with Crippen molar-refractivity contribution in [3.8, 4) is 0 Å². The van der Waals surface area contributed by atoms with Gasteiger partial charge in [-0.15, -0.1) is 0 Å². The number of nitrogens with one attached hydrogen (secondary N) is 1. The van der Waals surface area contributed by atoms with Crippen molar-refractivity contribution in [1.29, 1.82) is 0 Å². The Labute approximate surface area is 127 Å². The summed E-state index contributed by atoms with van der Waals surface area (Å²) in [7, 11) is 0. The van der Waals surface area contributed by atoms with E-state index in [2.05, 4.69) is 21.2 Å². The molecule has 0 spiro atoms. The molecule has 1 aliphatic heterocycles. The third-order valence-corrected chi connectivity index (χ3v) is 4.15. The van der Waals surface area contributed by atoms with Gasteiger partial charge in [0.1, 0.15) is 5.54 Å². The van der Waals surface area contributed by atoms with Crippen molar-refractivity contribution in [3.63, 3.8) is 0 Å². The largest absolute Gasteiger partial charge is 0.352 e. The average molecular weight is 337 g/mol. The van der Waals surface area contributed by atoms with Crippen molar-refractivity contribution in [2.24, 2.45) is 0 Å². The van der Waals surface area contributed by atoms with E-state index in [9.17, 15) is 9.59 Å². The first-order valence-electron chi connectivity index (χ1n) is 6.45. The zero-order valence-electron chi connectivity index (χ0n) is 11.5. The van der Waals surface area contributed by atoms with Crippen LogP contribution in [0.15, 0.2) is 34.8 Å². The van der Waals surface area contributed by atoms with Gasteiger partial charge in [-0.2, -0.15) is 0 Å². The van der Waals surface area contributed by atoms with Gasteiger partial charge in [-0.3, -0.25) is 9.59 Å². The lowest BCUT2D eigenvalue weighted by Crippen LogP contribution is -2.63. The Hall–Kier alpha value is -1.62. The minimum absolute atomic E-state index is 0.119. The average Bonchev–Trinajstić information content (AvgIpc) is 2.40. The molecule has 0 aliphatic carbocycles. The van der Waals surface area contributed by atoms with Gasteiger partial charge in [0, 0.05) is 23.6 Å². The second-order valence-corrected chi connectivity index (χ2v) is 6.01. The van der Waals surface area contributed by atoms with E-state index in [1.54, 1.807) is 24.8 Å². The maximum Gasteiger partial charge on any atom is 0.247 e. The van der Waals surface area contributed by atoms with E-state index in [0.29, 0.717) is 13.1 Å². The van der Waals surface area contributed by atoms with Gasteiger partial charge in [-0.05, 0) is 31.6 Å². The van der Waals surface area contributed by atoms with Gasteiger partial charge in [-0.1, -0.05) is 34.1 Å². The van der Waals surface area contributed by atoms with Crippen LogP contribution >= 0.6 is 15.9 Å². The van der Waals surface area contributed by atoms with Crippen LogP contribution in [-0.4, -0.2) is 35.3 Å². The SMILES string of the molecule is CC1(C)C(=O)NCCN1C(=O)C=Cc1ccccc1Br. The Kier molecular flexibility index (Phi) is 4.28. The number of hydrogen-bond donors (Lipinski definition) is 1. The number of carbonyl (C=O) groups excluding carboxylic acids is 2. The molecule has 1 aromatic rings. The number of benzene rings is 1. The number of piperazine rings is 1. The fraction of sp³-hybridized carbons (Fsp3) is 0.333. The molecule has 0 saturated carbocycles. The summed E-state index contributed by atoms with van der Waals surface area (Å²) in [4.78, 5) is 25.7. The Morgan fingerprint density at radius 3 is 2.80 bits per heavy atom. The number of halogens is 1. The molecule has 1 N–H and O–H groups in total. The smallest absolute Gasteiger partial charge is 0.247 e. The molecule has 1 saturated heterocycles. The van der Waals surface area contributed by atoms with Crippen molar-refractivity contribution >= 4 is 33.8 Å². The first-order valence-corrected chi connectivity index (χ1v) is 7.25. The Balaban J connectivity index is 2.16. The van der Waals surface area contributed by atoms with Crippen molar-refractivity contribution in [3.05, 3.63) is 40.4 Å². The van der Waals surface area contributed by atoms with Crippen LogP contribution in [0.3, 0.4) is 0 Å². The summed E-state index contributed by atoms with van der Waals surface area (Å²) in [6, 6.07) is 7.67. The Morgan fingerprint density at radius 1 is 1.40 bits per heavy atom. The van der Waals surface area contributed by atoms with E-state index >= 15 is 0 Å². The number of hydrogen-bond acceptors (Lipinski definition) is 2. The molecule has 0 unspecified atom stereocenters. The second-order valence-electron chi connectivity index (χ2n) is 5.16. The van der Waals surface area contributed by atoms with Crippen LogP contribution in [-0.2, 0) is 9.59 Å². The van der Waals surface area contributed by atoms with Gasteiger partial charge in [0.15, 0.2) is 0 Å². The van der Waals surface area contributed by atoms with Gasteiger partial charge >= 0.3 is 0 Å². The van der Waals surface area contributed by atoms with Crippen LogP contribution in [0.2, 0.25) is 0 Å². The van der Waals surface area contributed by atoms with Crippen LogP contribution < -0.4 is 5.32 Å². The molecule has 1 aliphatic rings. The van der Waals surface area contributed by atoms with E-state index in [1.807, 2.05) is 24.3 Å². The summed E-state index contributed by atoms with van der Waals surface area (Å²) in [5, 5.41) is 2.78. The van der Waals surface area contributed by atoms with Crippen LogP contribution in [0, 0.1) is 0 Å². The lowest BCUT2D eigenvalue weighted by molar-refractivity contribution is -0.146. The fourth-order valence-corrected chi connectivity index (χ4v) is 2.56. The van der Waals surface area contributed by atoms with Crippen LogP contribution in [0.5, 0.6) is 0 Å². The normalized spacial score (nSPS) is 18.1. The zero-order chi connectivity index (χ0) is 14.8. The van der Waals surface area contributed by atoms with Crippen LogP contribution in [0.1, 0.15) is 19.4 Å². The minimum Gasteiger partial charge on any atom is -0.352 e. The summed E-state index contributed by atoms with van der Waals surface area (Å²) < 4.78 is 0.930. The van der Waals surface area contributed by atoms with Crippen molar-refractivity contribution in [2.75, 3.05) is 13.1 Å². The Bertz CT molecular complexity index is 567. The lowest BCUT2D eigenvalue weighted by Gasteiger charge is -2.40. The maximum atomic E-state index is 12.3. The molecule has 1 aromatic carbocycles. The summed E-state index contributed by atoms with van der Waals surface area (Å²) in [6.45, 7) is 4.53. The molecule has 0 radical (unpaired) electrons. The molecular weight excluding hydrogens is 320 g/mol. The summed E-state index contributed by atoms with van der Waals surface area (Å²) in [5.74, 6) is -0.271. The summed E-state index contributed by atoms with van der Waals surface area (Å²) in [6.07, 6.45) is 3.27. The zero-order valence-corrected chi connectivity index (χ0v) is 13.1. The summed E-state index contributed by atoms with van der Waals surface area (Å²) in [5.41, 5.74) is 0.119. The highest BCUT2D eigenvalue weighted by molar-refractivity contribution is 9.10. The fourth-order valence-electron chi connectivity index (χ4n) is 2.15. The van der Waals surface area contributed by atoms with Gasteiger partial charge < -0.3 is 10.2 Å². The number of rotatable bonds is 2. The molecule has 0 bridgehead atoms. The third-order valence-electron chi connectivity index (χ3n) is 3.43. The van der Waals surface area contributed by atoms with E-state index in [0.717, 1.165) is 10.0 Å².